The first-order chi connectivity index (χ1) is 13.2. The van der Waals surface area contributed by atoms with Crippen molar-refractivity contribution < 1.29 is 9.53 Å². The Morgan fingerprint density at radius 1 is 1.19 bits per heavy atom. The van der Waals surface area contributed by atoms with Crippen LogP contribution in [0.1, 0.15) is 25.0 Å². The lowest BCUT2D eigenvalue weighted by molar-refractivity contribution is -0.119. The Hall–Kier alpha value is -3.08. The molecule has 0 fully saturated rings. The van der Waals surface area contributed by atoms with Crippen LogP contribution < -0.4 is 9.64 Å². The Kier molecular flexibility index (Phi) is 4.67. The number of hydrogen-bond acceptors (Lipinski definition) is 3. The van der Waals surface area contributed by atoms with Gasteiger partial charge in [-0.25, -0.2) is 0 Å². The van der Waals surface area contributed by atoms with Gasteiger partial charge in [0.15, 0.2) is 0 Å². The van der Waals surface area contributed by atoms with Crippen molar-refractivity contribution in [2.75, 3.05) is 11.4 Å². The molecular formula is C22H23N3O2. The van der Waals surface area contributed by atoms with E-state index in [0.717, 1.165) is 34.7 Å². The fraction of sp³-hybridized carbons (Fsp3) is 0.273. The van der Waals surface area contributed by atoms with Crippen molar-refractivity contribution >= 4 is 11.6 Å². The third kappa shape index (κ3) is 3.21. The first kappa shape index (κ1) is 17.3. The van der Waals surface area contributed by atoms with Crippen molar-refractivity contribution in [3.63, 3.8) is 0 Å². The fourth-order valence-electron chi connectivity index (χ4n) is 3.57. The van der Waals surface area contributed by atoms with Crippen LogP contribution >= 0.6 is 0 Å². The second-order valence-electron chi connectivity index (χ2n) is 6.62. The normalized spacial score (nSPS) is 12.1. The maximum absolute atomic E-state index is 13.1. The van der Waals surface area contributed by atoms with Crippen LogP contribution in [0.3, 0.4) is 0 Å². The van der Waals surface area contributed by atoms with Crippen LogP contribution in [0.15, 0.2) is 54.7 Å². The summed E-state index contributed by atoms with van der Waals surface area (Å²) in [5.74, 6) is 0.864. The number of rotatable bonds is 5. The van der Waals surface area contributed by atoms with E-state index < -0.39 is 0 Å². The third-order valence-electron chi connectivity index (χ3n) is 4.97. The molecule has 5 nitrogen and oxygen atoms in total. The molecule has 1 aromatic heterocycles. The number of benzene rings is 2. The van der Waals surface area contributed by atoms with Gasteiger partial charge in [-0.1, -0.05) is 31.2 Å². The molecule has 0 aliphatic carbocycles. The highest BCUT2D eigenvalue weighted by atomic mass is 16.5. The topological polar surface area (TPSA) is 47.4 Å². The van der Waals surface area contributed by atoms with E-state index in [1.165, 1.54) is 5.56 Å². The third-order valence-corrected chi connectivity index (χ3v) is 4.97. The summed E-state index contributed by atoms with van der Waals surface area (Å²) in [5.41, 5.74) is 5.13. The van der Waals surface area contributed by atoms with Crippen LogP contribution in [-0.4, -0.2) is 22.2 Å². The molecule has 2 aromatic carbocycles. The van der Waals surface area contributed by atoms with Crippen molar-refractivity contribution in [2.24, 2.45) is 0 Å². The number of likely N-dealkylation sites (N-methyl/N-ethyl adjacent to an activating group) is 1. The van der Waals surface area contributed by atoms with Crippen molar-refractivity contribution in [3.05, 3.63) is 65.9 Å². The smallest absolute Gasteiger partial charge is 0.248 e. The lowest BCUT2D eigenvalue weighted by Crippen LogP contribution is -2.34. The van der Waals surface area contributed by atoms with Gasteiger partial charge in [0.25, 0.3) is 0 Å². The van der Waals surface area contributed by atoms with Crippen LogP contribution in [0.2, 0.25) is 0 Å². The highest BCUT2D eigenvalue weighted by Crippen LogP contribution is 2.37. The molecule has 4 rings (SSSR count). The Bertz CT molecular complexity index is 977. The molecule has 2 heterocycles. The molecule has 1 aliphatic heterocycles. The van der Waals surface area contributed by atoms with E-state index in [2.05, 4.69) is 24.2 Å². The van der Waals surface area contributed by atoms with Crippen molar-refractivity contribution in [2.45, 2.75) is 33.4 Å². The Balaban J connectivity index is 1.63. The predicted octanol–water partition coefficient (Wildman–Crippen LogP) is 4.06. The molecule has 0 spiro atoms. The lowest BCUT2D eigenvalue weighted by Gasteiger charge is -2.23. The van der Waals surface area contributed by atoms with Gasteiger partial charge in [0.1, 0.15) is 18.9 Å². The van der Waals surface area contributed by atoms with Gasteiger partial charge in [-0.2, -0.15) is 5.10 Å². The molecule has 3 aromatic rings. The van der Waals surface area contributed by atoms with Crippen LogP contribution in [0, 0.1) is 0 Å². The van der Waals surface area contributed by atoms with Crippen molar-refractivity contribution in [1.82, 2.24) is 9.78 Å². The fourth-order valence-corrected chi connectivity index (χ4v) is 3.57. The molecule has 0 saturated heterocycles. The largest absolute Gasteiger partial charge is 0.488 e. The summed E-state index contributed by atoms with van der Waals surface area (Å²) < 4.78 is 7.58. The summed E-state index contributed by atoms with van der Waals surface area (Å²) in [6.45, 7) is 5.42. The molecule has 0 bridgehead atoms. The number of para-hydroxylation sites is 1. The number of ether oxygens (including phenoxy) is 1. The molecule has 0 saturated carbocycles. The van der Waals surface area contributed by atoms with Crippen molar-refractivity contribution in [1.29, 1.82) is 0 Å². The number of nitrogens with zero attached hydrogens (tertiary/aromatic N) is 3. The number of anilines is 1. The zero-order valence-corrected chi connectivity index (χ0v) is 15.7. The van der Waals surface area contributed by atoms with Gasteiger partial charge in [-0.15, -0.1) is 0 Å². The maximum Gasteiger partial charge on any atom is 0.248 e. The van der Waals surface area contributed by atoms with E-state index in [1.807, 2.05) is 48.2 Å². The van der Waals surface area contributed by atoms with E-state index in [1.54, 1.807) is 10.9 Å². The van der Waals surface area contributed by atoms with Crippen LogP contribution in [0.4, 0.5) is 5.69 Å². The molecular weight excluding hydrogens is 338 g/mol. The maximum atomic E-state index is 13.1. The molecule has 0 unspecified atom stereocenters. The van der Waals surface area contributed by atoms with E-state index in [-0.39, 0.29) is 12.5 Å². The average molecular weight is 361 g/mol. The Labute approximate surface area is 159 Å². The van der Waals surface area contributed by atoms with Gasteiger partial charge in [0.2, 0.25) is 5.91 Å². The number of carbonyl (C=O) groups is 1. The second kappa shape index (κ2) is 7.27. The van der Waals surface area contributed by atoms with E-state index in [4.69, 9.17) is 4.74 Å². The van der Waals surface area contributed by atoms with Gasteiger partial charge < -0.3 is 9.64 Å². The summed E-state index contributed by atoms with van der Waals surface area (Å²) in [4.78, 5) is 14.9. The second-order valence-corrected chi connectivity index (χ2v) is 6.62. The summed E-state index contributed by atoms with van der Waals surface area (Å²) in [6.07, 6.45) is 2.75. The molecule has 0 atom stereocenters. The highest BCUT2D eigenvalue weighted by Gasteiger charge is 2.24. The monoisotopic (exact) mass is 361 g/mol. The number of amides is 1. The van der Waals surface area contributed by atoms with E-state index in [0.29, 0.717) is 13.2 Å². The summed E-state index contributed by atoms with van der Waals surface area (Å²) in [7, 11) is 0. The molecule has 27 heavy (non-hydrogen) atoms. The Morgan fingerprint density at radius 3 is 2.85 bits per heavy atom. The molecule has 1 aliphatic rings. The highest BCUT2D eigenvalue weighted by molar-refractivity contribution is 5.93. The number of hydrogen-bond donors (Lipinski definition) is 0. The standard InChI is InChI=1S/C22H23N3O2/c1-3-16-8-7-9-18(12-16)24(4-2)21(26)14-25-22-17(13-23-25)15-27-20-11-6-5-10-19(20)22/h5-13H,3-4,14-15H2,1-2H3. The lowest BCUT2D eigenvalue weighted by atomic mass is 10.0. The molecule has 138 valence electrons. The molecule has 0 N–H and O–H groups in total. The minimum atomic E-state index is 0.0284. The predicted molar refractivity (Wildman–Crippen MR) is 106 cm³/mol. The number of fused-ring (bicyclic) bond motifs is 3. The van der Waals surface area contributed by atoms with Crippen molar-refractivity contribution in [3.8, 4) is 17.0 Å². The summed E-state index contributed by atoms with van der Waals surface area (Å²) in [5, 5.41) is 4.47. The van der Waals surface area contributed by atoms with Gasteiger partial charge in [0, 0.05) is 23.4 Å². The zero-order valence-electron chi connectivity index (χ0n) is 15.7. The van der Waals surface area contributed by atoms with E-state index in [9.17, 15) is 4.79 Å². The number of aryl methyl sites for hydroxylation is 1. The summed E-state index contributed by atoms with van der Waals surface area (Å²) in [6, 6.07) is 16.1. The van der Waals surface area contributed by atoms with Crippen LogP contribution in [0.25, 0.3) is 11.3 Å². The molecule has 0 radical (unpaired) electrons. The molecule has 1 amide bonds. The van der Waals surface area contributed by atoms with Crippen LogP contribution in [-0.2, 0) is 24.4 Å². The number of aromatic nitrogens is 2. The quantitative estimate of drug-likeness (QED) is 0.689. The van der Waals surface area contributed by atoms with Gasteiger partial charge in [0.05, 0.1) is 11.9 Å². The minimum absolute atomic E-state index is 0.0284. The van der Waals surface area contributed by atoms with E-state index >= 15 is 0 Å². The first-order valence-electron chi connectivity index (χ1n) is 9.37. The Morgan fingerprint density at radius 2 is 2.04 bits per heavy atom. The van der Waals surface area contributed by atoms with Gasteiger partial charge in [-0.05, 0) is 43.2 Å². The SMILES string of the molecule is CCc1cccc(N(CC)C(=O)Cn2ncc3c2-c2ccccc2OC3)c1. The first-order valence-corrected chi connectivity index (χ1v) is 9.37. The number of carbonyl (C=O) groups excluding carboxylic acids is 1. The average Bonchev–Trinajstić information content (AvgIpc) is 3.12. The summed E-state index contributed by atoms with van der Waals surface area (Å²) >= 11 is 0. The van der Waals surface area contributed by atoms with Gasteiger partial charge >= 0.3 is 0 Å². The molecule has 5 heteroatoms. The zero-order chi connectivity index (χ0) is 18.8. The van der Waals surface area contributed by atoms with Gasteiger partial charge in [-0.3, -0.25) is 9.48 Å². The van der Waals surface area contributed by atoms with Crippen LogP contribution in [0.5, 0.6) is 5.75 Å². The minimum Gasteiger partial charge on any atom is -0.488 e.